The van der Waals surface area contributed by atoms with Gasteiger partial charge in [0.2, 0.25) is 0 Å². The third-order valence-electron chi connectivity index (χ3n) is 3.34. The quantitative estimate of drug-likeness (QED) is 0.816. The van der Waals surface area contributed by atoms with Gasteiger partial charge in [-0.1, -0.05) is 38.1 Å². The highest BCUT2D eigenvalue weighted by molar-refractivity contribution is 9.11. The highest BCUT2D eigenvalue weighted by atomic mass is 79.9. The van der Waals surface area contributed by atoms with Gasteiger partial charge in [0.1, 0.15) is 0 Å². The molecule has 0 fully saturated rings. The first-order valence-electron chi connectivity index (χ1n) is 6.57. The van der Waals surface area contributed by atoms with Crippen molar-refractivity contribution in [3.8, 4) is 0 Å². The van der Waals surface area contributed by atoms with Gasteiger partial charge in [0.25, 0.3) is 0 Å². The summed E-state index contributed by atoms with van der Waals surface area (Å²) in [5, 5.41) is 0. The molecule has 1 nitrogen and oxygen atoms in total. The van der Waals surface area contributed by atoms with Crippen LogP contribution in [-0.4, -0.2) is 0 Å². The van der Waals surface area contributed by atoms with Gasteiger partial charge in [-0.15, -0.1) is 11.3 Å². The summed E-state index contributed by atoms with van der Waals surface area (Å²) in [5.74, 6) is 0.582. The van der Waals surface area contributed by atoms with Crippen molar-refractivity contribution in [2.24, 2.45) is 5.73 Å². The Morgan fingerprint density at radius 3 is 2.32 bits per heavy atom. The Hall–Kier alpha value is -0.640. The molecule has 1 aromatic heterocycles. The molecule has 0 spiro atoms. The molecular weight excluding hydrogens is 318 g/mol. The van der Waals surface area contributed by atoms with Gasteiger partial charge in [-0.3, -0.25) is 0 Å². The van der Waals surface area contributed by atoms with Crippen molar-refractivity contribution in [1.29, 1.82) is 0 Å². The van der Waals surface area contributed by atoms with Crippen molar-refractivity contribution < 1.29 is 0 Å². The predicted octanol–water partition coefficient (Wildman–Crippen LogP) is 5.18. The van der Waals surface area contributed by atoms with E-state index in [4.69, 9.17) is 5.73 Å². The topological polar surface area (TPSA) is 26.0 Å². The molecule has 2 N–H and O–H groups in total. The largest absolute Gasteiger partial charge is 0.323 e. The van der Waals surface area contributed by atoms with E-state index in [1.165, 1.54) is 25.4 Å². The highest BCUT2D eigenvalue weighted by Crippen LogP contribution is 2.31. The van der Waals surface area contributed by atoms with Crippen molar-refractivity contribution in [2.45, 2.75) is 39.2 Å². The zero-order valence-corrected chi connectivity index (χ0v) is 14.0. The third kappa shape index (κ3) is 3.68. The summed E-state index contributed by atoms with van der Waals surface area (Å²) in [4.78, 5) is 1.25. The van der Waals surface area contributed by atoms with E-state index in [-0.39, 0.29) is 6.04 Å². The lowest BCUT2D eigenvalue weighted by molar-refractivity contribution is 0.735. The van der Waals surface area contributed by atoms with Crippen LogP contribution in [0.25, 0.3) is 0 Å². The number of thiophene rings is 1. The van der Waals surface area contributed by atoms with Gasteiger partial charge in [-0.2, -0.15) is 0 Å². The first-order chi connectivity index (χ1) is 8.97. The molecule has 0 aliphatic carbocycles. The van der Waals surface area contributed by atoms with Gasteiger partial charge in [0.15, 0.2) is 0 Å². The van der Waals surface area contributed by atoms with Gasteiger partial charge in [0, 0.05) is 10.9 Å². The molecule has 3 heteroatoms. The molecule has 2 rings (SSSR count). The van der Waals surface area contributed by atoms with E-state index in [1.807, 2.05) is 0 Å². The second-order valence-electron chi connectivity index (χ2n) is 5.31. The van der Waals surface area contributed by atoms with E-state index in [0.717, 1.165) is 6.42 Å². The highest BCUT2D eigenvalue weighted by Gasteiger charge is 2.12. The number of hydrogen-bond donors (Lipinski definition) is 1. The summed E-state index contributed by atoms with van der Waals surface area (Å²) in [6.07, 6.45) is 0.894. The van der Waals surface area contributed by atoms with Crippen LogP contribution in [0.4, 0.5) is 0 Å². The molecule has 0 bridgehead atoms. The van der Waals surface area contributed by atoms with E-state index < -0.39 is 0 Å². The maximum Gasteiger partial charge on any atom is 0.0731 e. The molecule has 102 valence electrons. The standard InChI is InChI=1S/C16H20BrNS/c1-10(2)13-6-4-12(5-7-13)9-14(18)15-8-11(3)16(17)19-15/h4-8,10,14H,9,18H2,1-3H3. The molecule has 1 atom stereocenters. The fourth-order valence-electron chi connectivity index (χ4n) is 2.06. The van der Waals surface area contributed by atoms with Crippen molar-refractivity contribution in [3.05, 3.63) is 55.7 Å². The minimum atomic E-state index is 0.0832. The van der Waals surface area contributed by atoms with E-state index in [2.05, 4.69) is 67.0 Å². The van der Waals surface area contributed by atoms with Gasteiger partial charge in [0.05, 0.1) is 3.79 Å². The maximum absolute atomic E-state index is 6.30. The minimum Gasteiger partial charge on any atom is -0.323 e. The predicted molar refractivity (Wildman–Crippen MR) is 87.9 cm³/mol. The average Bonchev–Trinajstić information content (AvgIpc) is 2.70. The van der Waals surface area contributed by atoms with Gasteiger partial charge in [-0.05, 0) is 57.9 Å². The second kappa shape index (κ2) is 6.21. The Kier molecular flexibility index (Phi) is 4.82. The molecule has 2 aromatic rings. The molecule has 19 heavy (non-hydrogen) atoms. The first-order valence-corrected chi connectivity index (χ1v) is 8.18. The average molecular weight is 338 g/mol. The van der Waals surface area contributed by atoms with Crippen LogP contribution >= 0.6 is 27.3 Å². The first kappa shape index (κ1) is 14.8. The smallest absolute Gasteiger partial charge is 0.0731 e. The summed E-state index contributed by atoms with van der Waals surface area (Å²) in [7, 11) is 0. The molecular formula is C16H20BrNS. The van der Waals surface area contributed by atoms with Gasteiger partial charge < -0.3 is 5.73 Å². The number of aryl methyl sites for hydroxylation is 1. The lowest BCUT2D eigenvalue weighted by Crippen LogP contribution is -2.11. The van der Waals surface area contributed by atoms with Crippen LogP contribution < -0.4 is 5.73 Å². The van der Waals surface area contributed by atoms with Crippen LogP contribution in [0.15, 0.2) is 34.1 Å². The van der Waals surface area contributed by atoms with E-state index >= 15 is 0 Å². The van der Waals surface area contributed by atoms with Crippen LogP contribution in [0.2, 0.25) is 0 Å². The van der Waals surface area contributed by atoms with Crippen LogP contribution in [0.5, 0.6) is 0 Å². The Bertz CT molecular complexity index is 523. The minimum absolute atomic E-state index is 0.0832. The Labute approximate surface area is 128 Å². The van der Waals surface area contributed by atoms with E-state index in [0.29, 0.717) is 5.92 Å². The monoisotopic (exact) mass is 337 g/mol. The lowest BCUT2D eigenvalue weighted by Gasteiger charge is -2.11. The van der Waals surface area contributed by atoms with Crippen molar-refractivity contribution in [3.63, 3.8) is 0 Å². The third-order valence-corrected chi connectivity index (χ3v) is 5.61. The second-order valence-corrected chi connectivity index (χ2v) is 7.71. The summed E-state index contributed by atoms with van der Waals surface area (Å²) >= 11 is 5.30. The lowest BCUT2D eigenvalue weighted by atomic mass is 9.99. The Morgan fingerprint density at radius 2 is 1.84 bits per heavy atom. The fraction of sp³-hybridized carbons (Fsp3) is 0.375. The molecule has 0 saturated heterocycles. The molecule has 0 radical (unpaired) electrons. The number of benzene rings is 1. The molecule has 1 aromatic carbocycles. The summed E-state index contributed by atoms with van der Waals surface area (Å²) in [5.41, 5.74) is 10.3. The van der Waals surface area contributed by atoms with Crippen molar-refractivity contribution >= 4 is 27.3 Å². The van der Waals surface area contributed by atoms with Crippen molar-refractivity contribution in [1.82, 2.24) is 0 Å². The normalized spacial score (nSPS) is 12.9. The maximum atomic E-state index is 6.30. The SMILES string of the molecule is Cc1cc(C(N)Cc2ccc(C(C)C)cc2)sc1Br. The molecule has 0 amide bonds. The number of halogens is 1. The van der Waals surface area contributed by atoms with Crippen molar-refractivity contribution in [2.75, 3.05) is 0 Å². The van der Waals surface area contributed by atoms with Crippen LogP contribution in [0, 0.1) is 6.92 Å². The number of nitrogens with two attached hydrogens (primary N) is 1. The van der Waals surface area contributed by atoms with Crippen LogP contribution in [0.3, 0.4) is 0 Å². The molecule has 0 saturated carbocycles. The summed E-state index contributed by atoms with van der Waals surface area (Å²) in [6.45, 7) is 6.54. The Morgan fingerprint density at radius 1 is 1.21 bits per heavy atom. The van der Waals surface area contributed by atoms with E-state index in [1.54, 1.807) is 11.3 Å². The van der Waals surface area contributed by atoms with E-state index in [9.17, 15) is 0 Å². The van der Waals surface area contributed by atoms with Crippen LogP contribution in [-0.2, 0) is 6.42 Å². The molecule has 1 heterocycles. The number of rotatable bonds is 4. The zero-order chi connectivity index (χ0) is 14.0. The van der Waals surface area contributed by atoms with Gasteiger partial charge in [-0.25, -0.2) is 0 Å². The molecule has 0 aliphatic rings. The van der Waals surface area contributed by atoms with Gasteiger partial charge >= 0.3 is 0 Å². The fourth-order valence-corrected chi connectivity index (χ4v) is 3.63. The Balaban J connectivity index is 2.08. The zero-order valence-electron chi connectivity index (χ0n) is 11.6. The molecule has 1 unspecified atom stereocenters. The summed E-state index contributed by atoms with van der Waals surface area (Å²) in [6, 6.07) is 11.1. The summed E-state index contributed by atoms with van der Waals surface area (Å²) < 4.78 is 1.19. The van der Waals surface area contributed by atoms with Crippen LogP contribution in [0.1, 0.15) is 47.4 Å². The number of hydrogen-bond acceptors (Lipinski definition) is 2. The molecule has 0 aliphatic heterocycles.